The predicted molar refractivity (Wildman–Crippen MR) is 144 cm³/mol. The highest BCUT2D eigenvalue weighted by Gasteiger charge is 2.22. The lowest BCUT2D eigenvalue weighted by Gasteiger charge is -2.28. The van der Waals surface area contributed by atoms with E-state index in [0.29, 0.717) is 22.8 Å². The summed E-state index contributed by atoms with van der Waals surface area (Å²) in [5, 5.41) is 9.60. The zero-order valence-electron chi connectivity index (χ0n) is 21.9. The van der Waals surface area contributed by atoms with Crippen LogP contribution in [0, 0.1) is 17.2 Å². The van der Waals surface area contributed by atoms with Gasteiger partial charge in [0.05, 0.1) is 11.1 Å². The molecule has 3 heteroatoms. The van der Waals surface area contributed by atoms with Crippen molar-refractivity contribution in [2.24, 2.45) is 5.92 Å². The van der Waals surface area contributed by atoms with Gasteiger partial charge in [0.25, 0.3) is 0 Å². The zero-order chi connectivity index (χ0) is 24.9. The second-order valence-electron chi connectivity index (χ2n) is 10.3. The highest BCUT2D eigenvalue weighted by Crippen LogP contribution is 2.37. The number of carbonyl (C=O) groups excluding carboxylic acids is 1. The molecule has 1 aliphatic carbocycles. The van der Waals surface area contributed by atoms with Crippen LogP contribution in [0.2, 0.25) is 0 Å². The van der Waals surface area contributed by atoms with Crippen LogP contribution in [0.15, 0.2) is 42.5 Å². The fourth-order valence-corrected chi connectivity index (χ4v) is 5.35. The van der Waals surface area contributed by atoms with Crippen molar-refractivity contribution < 1.29 is 9.53 Å². The van der Waals surface area contributed by atoms with Crippen molar-refractivity contribution >= 4 is 5.97 Å². The fourth-order valence-electron chi connectivity index (χ4n) is 5.35. The summed E-state index contributed by atoms with van der Waals surface area (Å²) >= 11 is 0. The van der Waals surface area contributed by atoms with Gasteiger partial charge in [-0.1, -0.05) is 83.4 Å². The molecule has 1 aliphatic rings. The van der Waals surface area contributed by atoms with E-state index in [1.54, 1.807) is 6.07 Å². The second-order valence-corrected chi connectivity index (χ2v) is 10.3. The Hall–Kier alpha value is -2.60. The maximum Gasteiger partial charge on any atom is 0.343 e. The molecular formula is C32H43NO2. The van der Waals surface area contributed by atoms with Gasteiger partial charge in [0.1, 0.15) is 11.8 Å². The molecule has 188 valence electrons. The van der Waals surface area contributed by atoms with E-state index in [4.69, 9.17) is 4.74 Å². The Morgan fingerprint density at radius 3 is 2.26 bits per heavy atom. The third kappa shape index (κ3) is 8.53. The smallest absolute Gasteiger partial charge is 0.343 e. The van der Waals surface area contributed by atoms with Crippen molar-refractivity contribution in [2.75, 3.05) is 0 Å². The summed E-state index contributed by atoms with van der Waals surface area (Å²) in [4.78, 5) is 12.8. The number of nitriles is 1. The van der Waals surface area contributed by atoms with Gasteiger partial charge >= 0.3 is 5.97 Å². The number of hydrogen-bond donors (Lipinski definition) is 0. The van der Waals surface area contributed by atoms with Gasteiger partial charge in [-0.25, -0.2) is 4.79 Å². The molecule has 0 heterocycles. The molecule has 0 spiro atoms. The number of benzene rings is 2. The largest absolute Gasteiger partial charge is 0.422 e. The van der Waals surface area contributed by atoms with Gasteiger partial charge in [0.15, 0.2) is 0 Å². The van der Waals surface area contributed by atoms with Gasteiger partial charge in [0.2, 0.25) is 0 Å². The van der Waals surface area contributed by atoms with Crippen molar-refractivity contribution in [3.63, 3.8) is 0 Å². The molecule has 0 bridgehead atoms. The molecule has 0 atom stereocenters. The minimum Gasteiger partial charge on any atom is -0.422 e. The van der Waals surface area contributed by atoms with E-state index < -0.39 is 5.97 Å². The van der Waals surface area contributed by atoms with E-state index in [1.165, 1.54) is 82.6 Å². The Morgan fingerprint density at radius 1 is 0.886 bits per heavy atom. The summed E-state index contributed by atoms with van der Waals surface area (Å²) in [5.74, 6) is 1.44. The highest BCUT2D eigenvalue weighted by atomic mass is 16.5. The molecule has 0 aromatic heterocycles. The summed E-state index contributed by atoms with van der Waals surface area (Å²) < 4.78 is 5.62. The lowest BCUT2D eigenvalue weighted by molar-refractivity contribution is 0.0734. The molecule has 0 radical (unpaired) electrons. The third-order valence-electron chi connectivity index (χ3n) is 7.62. The average molecular weight is 474 g/mol. The number of rotatable bonds is 13. The summed E-state index contributed by atoms with van der Waals surface area (Å²) in [6.07, 6.45) is 17.6. The topological polar surface area (TPSA) is 50.1 Å². The number of nitrogens with zero attached hydrogens (tertiary/aromatic N) is 1. The summed E-state index contributed by atoms with van der Waals surface area (Å²) in [6, 6.07) is 15.7. The van der Waals surface area contributed by atoms with E-state index >= 15 is 0 Å². The Kier molecular flexibility index (Phi) is 11.4. The van der Waals surface area contributed by atoms with Crippen LogP contribution in [0.25, 0.3) is 0 Å². The van der Waals surface area contributed by atoms with E-state index in [-0.39, 0.29) is 0 Å². The first kappa shape index (κ1) is 27.0. The number of aryl methyl sites for hydroxylation is 1. The van der Waals surface area contributed by atoms with Crippen molar-refractivity contribution in [1.29, 1.82) is 5.26 Å². The van der Waals surface area contributed by atoms with Crippen LogP contribution in [-0.2, 0) is 6.42 Å². The number of hydrogen-bond acceptors (Lipinski definition) is 3. The van der Waals surface area contributed by atoms with Gasteiger partial charge in [-0.15, -0.1) is 0 Å². The minimum absolute atomic E-state index is 0.346. The molecule has 3 nitrogen and oxygen atoms in total. The zero-order valence-corrected chi connectivity index (χ0v) is 21.9. The average Bonchev–Trinajstić information content (AvgIpc) is 2.90. The van der Waals surface area contributed by atoms with Gasteiger partial charge in [0, 0.05) is 0 Å². The first-order chi connectivity index (χ1) is 17.1. The Labute approximate surface area is 212 Å². The van der Waals surface area contributed by atoms with E-state index in [0.717, 1.165) is 24.3 Å². The lowest BCUT2D eigenvalue weighted by atomic mass is 9.77. The van der Waals surface area contributed by atoms with Crippen molar-refractivity contribution in [3.05, 3.63) is 64.7 Å². The molecule has 1 fully saturated rings. The van der Waals surface area contributed by atoms with E-state index in [1.807, 2.05) is 24.3 Å². The fraction of sp³-hybridized carbons (Fsp3) is 0.562. The first-order valence-electron chi connectivity index (χ1n) is 14.0. The van der Waals surface area contributed by atoms with Crippen LogP contribution in [0.3, 0.4) is 0 Å². The standard InChI is InChI=1S/C32H43NO2/c1-3-5-7-8-9-10-12-26-15-22-31(30(23-26)24-33)35-32(34)29-20-18-28(19-21-29)27-16-13-25(14-17-27)11-6-4-2/h15,18-23,25,27H,3-14,16-17H2,1-2H3. The first-order valence-corrected chi connectivity index (χ1v) is 14.0. The summed E-state index contributed by atoms with van der Waals surface area (Å²) in [5.41, 5.74) is 3.42. The molecule has 0 amide bonds. The predicted octanol–water partition coefficient (Wildman–Crippen LogP) is 9.14. The number of unbranched alkanes of at least 4 members (excludes halogenated alkanes) is 6. The molecule has 3 rings (SSSR count). The van der Waals surface area contributed by atoms with Crippen LogP contribution >= 0.6 is 0 Å². The molecular weight excluding hydrogens is 430 g/mol. The summed E-state index contributed by atoms with van der Waals surface area (Å²) in [6.45, 7) is 4.50. The SMILES string of the molecule is CCCCCCCCc1ccc(OC(=O)c2ccc(C3CCC(CCCC)CC3)cc2)c(C#N)c1. The van der Waals surface area contributed by atoms with E-state index in [9.17, 15) is 10.1 Å². The molecule has 0 saturated heterocycles. The number of ether oxygens (including phenoxy) is 1. The Morgan fingerprint density at radius 2 is 1.57 bits per heavy atom. The van der Waals surface area contributed by atoms with Crippen molar-refractivity contribution in [2.45, 2.75) is 110 Å². The summed E-state index contributed by atoms with van der Waals surface area (Å²) in [7, 11) is 0. The monoisotopic (exact) mass is 473 g/mol. The number of esters is 1. The molecule has 0 unspecified atom stereocenters. The van der Waals surface area contributed by atoms with Crippen molar-refractivity contribution in [3.8, 4) is 11.8 Å². The second kappa shape index (κ2) is 14.7. The molecule has 35 heavy (non-hydrogen) atoms. The maximum atomic E-state index is 12.8. The number of carbonyl (C=O) groups is 1. The Bertz CT molecular complexity index is 949. The van der Waals surface area contributed by atoms with Gasteiger partial charge in [-0.3, -0.25) is 0 Å². The van der Waals surface area contributed by atoms with Crippen LogP contribution in [0.5, 0.6) is 5.75 Å². The molecule has 0 aliphatic heterocycles. The quantitative estimate of drug-likeness (QED) is 0.165. The van der Waals surface area contributed by atoms with Crippen LogP contribution in [-0.4, -0.2) is 5.97 Å². The van der Waals surface area contributed by atoms with E-state index in [2.05, 4.69) is 32.0 Å². The normalized spacial score (nSPS) is 17.6. The van der Waals surface area contributed by atoms with Gasteiger partial charge < -0.3 is 4.74 Å². The molecule has 0 N–H and O–H groups in total. The van der Waals surface area contributed by atoms with Crippen LogP contribution in [0.1, 0.15) is 130 Å². The van der Waals surface area contributed by atoms with Gasteiger partial charge in [-0.2, -0.15) is 5.26 Å². The van der Waals surface area contributed by atoms with Crippen molar-refractivity contribution in [1.82, 2.24) is 0 Å². The molecule has 1 saturated carbocycles. The third-order valence-corrected chi connectivity index (χ3v) is 7.62. The minimum atomic E-state index is -0.403. The van der Waals surface area contributed by atoms with Crippen LogP contribution < -0.4 is 4.74 Å². The maximum absolute atomic E-state index is 12.8. The molecule has 2 aromatic rings. The Balaban J connectivity index is 1.51. The van der Waals surface area contributed by atoms with Crippen LogP contribution in [0.4, 0.5) is 0 Å². The van der Waals surface area contributed by atoms with Gasteiger partial charge in [-0.05, 0) is 85.8 Å². The highest BCUT2D eigenvalue weighted by molar-refractivity contribution is 5.91. The lowest BCUT2D eigenvalue weighted by Crippen LogP contribution is -2.14. The molecule has 2 aromatic carbocycles.